The van der Waals surface area contributed by atoms with Crippen LogP contribution in [-0.4, -0.2) is 10.9 Å². The minimum atomic E-state index is -0.108. The van der Waals surface area contributed by atoms with Gasteiger partial charge in [0.05, 0.1) is 22.8 Å². The van der Waals surface area contributed by atoms with Gasteiger partial charge in [-0.2, -0.15) is 0 Å². The minimum Gasteiger partial charge on any atom is -0.345 e. The monoisotopic (exact) mass is 436 g/mol. The highest BCUT2D eigenvalue weighted by atomic mass is 16.1. The Labute approximate surface area is 196 Å². The molecule has 0 saturated heterocycles. The van der Waals surface area contributed by atoms with Crippen LogP contribution in [-0.2, 0) is 5.41 Å². The molecule has 1 aromatic heterocycles. The molecule has 0 aliphatic heterocycles. The second-order valence-electron chi connectivity index (χ2n) is 9.94. The molecule has 1 amide bonds. The number of carbonyl (C=O) groups excluding carboxylic acids is 1. The van der Waals surface area contributed by atoms with Gasteiger partial charge in [-0.3, -0.25) is 4.79 Å². The molecule has 1 heterocycles. The molecular weight excluding hydrogens is 404 g/mol. The van der Waals surface area contributed by atoms with Gasteiger partial charge in [0.1, 0.15) is 0 Å². The number of carbonyl (C=O) groups is 1. The average molecular weight is 437 g/mol. The van der Waals surface area contributed by atoms with Crippen molar-refractivity contribution in [3.05, 3.63) is 101 Å². The van der Waals surface area contributed by atoms with Crippen LogP contribution in [0.15, 0.2) is 72.8 Å². The van der Waals surface area contributed by atoms with E-state index in [9.17, 15) is 4.79 Å². The topological polar surface area (TPSA) is 42.0 Å². The van der Waals surface area contributed by atoms with Crippen LogP contribution in [0.3, 0.4) is 0 Å². The summed E-state index contributed by atoms with van der Waals surface area (Å²) in [6, 6.07) is 24.5. The first-order valence-electron chi connectivity index (χ1n) is 11.5. The molecule has 1 N–H and O–H groups in total. The first-order chi connectivity index (χ1) is 15.6. The summed E-state index contributed by atoms with van der Waals surface area (Å²) in [5.74, 6) is -0.0916. The summed E-state index contributed by atoms with van der Waals surface area (Å²) in [7, 11) is 0. The van der Waals surface area contributed by atoms with E-state index in [4.69, 9.17) is 4.98 Å². The smallest absolute Gasteiger partial charge is 0.252 e. The van der Waals surface area contributed by atoms with Gasteiger partial charge in [0.2, 0.25) is 0 Å². The lowest BCUT2D eigenvalue weighted by molar-refractivity contribution is 0.0941. The Bertz CT molecular complexity index is 1310. The van der Waals surface area contributed by atoms with Crippen LogP contribution in [0.5, 0.6) is 0 Å². The first-order valence-corrected chi connectivity index (χ1v) is 11.5. The zero-order chi connectivity index (χ0) is 23.8. The molecule has 168 valence electrons. The fraction of sp³-hybridized carbons (Fsp3) is 0.267. The summed E-state index contributed by atoms with van der Waals surface area (Å²) in [6.45, 7) is 12.8. The number of para-hydroxylation sites is 1. The second kappa shape index (κ2) is 8.82. The Morgan fingerprint density at radius 3 is 2.24 bits per heavy atom. The lowest BCUT2D eigenvalue weighted by atomic mass is 9.86. The number of nitrogens with one attached hydrogen (secondary N) is 1. The SMILES string of the molecule is Cc1ccc(-c2cc(C(=O)N[C@@H](C)c3ccc(C(C)(C)C)cc3)c3ccccc3n2)cc1C. The van der Waals surface area contributed by atoms with Crippen LogP contribution < -0.4 is 5.32 Å². The van der Waals surface area contributed by atoms with Crippen LogP contribution in [0.4, 0.5) is 0 Å². The average Bonchev–Trinajstić information content (AvgIpc) is 2.79. The number of hydrogen-bond donors (Lipinski definition) is 1. The van der Waals surface area contributed by atoms with Gasteiger partial charge in [-0.25, -0.2) is 4.98 Å². The molecule has 0 aliphatic carbocycles. The molecule has 0 bridgehead atoms. The second-order valence-corrected chi connectivity index (χ2v) is 9.94. The van der Waals surface area contributed by atoms with Gasteiger partial charge < -0.3 is 5.32 Å². The van der Waals surface area contributed by atoms with Gasteiger partial charge in [-0.05, 0) is 66.6 Å². The molecule has 0 spiro atoms. The van der Waals surface area contributed by atoms with E-state index in [1.165, 1.54) is 16.7 Å². The number of nitrogens with zero attached hydrogens (tertiary/aromatic N) is 1. The van der Waals surface area contributed by atoms with Crippen molar-refractivity contribution >= 4 is 16.8 Å². The van der Waals surface area contributed by atoms with Crippen molar-refractivity contribution in [1.29, 1.82) is 0 Å². The largest absolute Gasteiger partial charge is 0.345 e. The molecule has 0 aliphatic rings. The number of aryl methyl sites for hydroxylation is 2. The Morgan fingerprint density at radius 1 is 0.879 bits per heavy atom. The van der Waals surface area contributed by atoms with Crippen molar-refractivity contribution < 1.29 is 4.79 Å². The summed E-state index contributed by atoms with van der Waals surface area (Å²) >= 11 is 0. The molecule has 4 rings (SSSR count). The molecule has 0 unspecified atom stereocenters. The van der Waals surface area contributed by atoms with Crippen LogP contribution in [0.1, 0.15) is 66.3 Å². The van der Waals surface area contributed by atoms with E-state index in [0.29, 0.717) is 5.56 Å². The van der Waals surface area contributed by atoms with Crippen molar-refractivity contribution in [1.82, 2.24) is 10.3 Å². The quantitative estimate of drug-likeness (QED) is 0.364. The van der Waals surface area contributed by atoms with Crippen molar-refractivity contribution in [3.8, 4) is 11.3 Å². The maximum absolute atomic E-state index is 13.4. The zero-order valence-corrected chi connectivity index (χ0v) is 20.4. The van der Waals surface area contributed by atoms with E-state index < -0.39 is 0 Å². The number of hydrogen-bond acceptors (Lipinski definition) is 2. The van der Waals surface area contributed by atoms with Gasteiger partial charge in [0, 0.05) is 10.9 Å². The molecule has 0 fully saturated rings. The van der Waals surface area contributed by atoms with E-state index in [0.717, 1.165) is 27.7 Å². The predicted molar refractivity (Wildman–Crippen MR) is 138 cm³/mol. The summed E-state index contributed by atoms with van der Waals surface area (Å²) in [6.07, 6.45) is 0. The van der Waals surface area contributed by atoms with E-state index in [1.54, 1.807) is 0 Å². The minimum absolute atomic E-state index is 0.0916. The molecule has 33 heavy (non-hydrogen) atoms. The Balaban J connectivity index is 1.68. The van der Waals surface area contributed by atoms with Gasteiger partial charge in [-0.1, -0.05) is 75.4 Å². The van der Waals surface area contributed by atoms with Gasteiger partial charge in [0.15, 0.2) is 0 Å². The third-order valence-electron chi connectivity index (χ3n) is 6.39. The van der Waals surface area contributed by atoms with E-state index in [2.05, 4.69) is 82.4 Å². The van der Waals surface area contributed by atoms with Crippen LogP contribution in [0, 0.1) is 13.8 Å². The molecule has 3 aromatic carbocycles. The first kappa shape index (κ1) is 22.7. The van der Waals surface area contributed by atoms with Crippen LogP contribution >= 0.6 is 0 Å². The molecule has 3 nitrogen and oxygen atoms in total. The summed E-state index contributed by atoms with van der Waals surface area (Å²) < 4.78 is 0. The lowest BCUT2D eigenvalue weighted by Gasteiger charge is -2.21. The number of fused-ring (bicyclic) bond motifs is 1. The number of pyridine rings is 1. The molecule has 1 atom stereocenters. The van der Waals surface area contributed by atoms with E-state index in [-0.39, 0.29) is 17.4 Å². The Hall–Kier alpha value is -3.46. The van der Waals surface area contributed by atoms with Crippen molar-refractivity contribution in [2.75, 3.05) is 0 Å². The maximum Gasteiger partial charge on any atom is 0.252 e. The fourth-order valence-electron chi connectivity index (χ4n) is 4.04. The van der Waals surface area contributed by atoms with Crippen LogP contribution in [0.2, 0.25) is 0 Å². The fourth-order valence-corrected chi connectivity index (χ4v) is 4.04. The summed E-state index contributed by atoms with van der Waals surface area (Å²) in [5.41, 5.74) is 8.21. The van der Waals surface area contributed by atoms with E-state index >= 15 is 0 Å². The number of benzene rings is 3. The van der Waals surface area contributed by atoms with Gasteiger partial charge in [-0.15, -0.1) is 0 Å². The summed E-state index contributed by atoms with van der Waals surface area (Å²) in [4.78, 5) is 18.3. The molecular formula is C30H32N2O. The predicted octanol–water partition coefficient (Wildman–Crippen LogP) is 7.31. The van der Waals surface area contributed by atoms with E-state index in [1.807, 2.05) is 37.3 Å². The maximum atomic E-state index is 13.4. The highest BCUT2D eigenvalue weighted by Crippen LogP contribution is 2.28. The highest BCUT2D eigenvalue weighted by Gasteiger charge is 2.18. The third-order valence-corrected chi connectivity index (χ3v) is 6.39. The van der Waals surface area contributed by atoms with Crippen molar-refractivity contribution in [3.63, 3.8) is 0 Å². The molecule has 0 radical (unpaired) electrons. The number of rotatable bonds is 4. The normalized spacial score (nSPS) is 12.5. The Kier molecular flexibility index (Phi) is 6.07. The standard InChI is InChI=1S/C30H32N2O/c1-19-11-12-23(17-20(19)2)28-18-26(25-9-7-8-10-27(25)32-28)29(33)31-21(3)22-13-15-24(16-14-22)30(4,5)6/h7-18,21H,1-6H3,(H,31,33)/t21-/m0/s1. The van der Waals surface area contributed by atoms with Gasteiger partial charge >= 0.3 is 0 Å². The molecule has 3 heteroatoms. The van der Waals surface area contributed by atoms with Gasteiger partial charge in [0.25, 0.3) is 5.91 Å². The van der Waals surface area contributed by atoms with Crippen molar-refractivity contribution in [2.24, 2.45) is 0 Å². The third kappa shape index (κ3) is 4.83. The lowest BCUT2D eigenvalue weighted by Crippen LogP contribution is -2.27. The highest BCUT2D eigenvalue weighted by molar-refractivity contribution is 6.07. The Morgan fingerprint density at radius 2 is 1.58 bits per heavy atom. The van der Waals surface area contributed by atoms with Crippen LogP contribution in [0.25, 0.3) is 22.2 Å². The molecule has 0 saturated carbocycles. The summed E-state index contributed by atoms with van der Waals surface area (Å²) in [5, 5.41) is 4.05. The van der Waals surface area contributed by atoms with Crippen molar-refractivity contribution in [2.45, 2.75) is 53.0 Å². The molecule has 4 aromatic rings. The number of aromatic nitrogens is 1. The zero-order valence-electron chi connectivity index (χ0n) is 20.4. The number of amides is 1.